The van der Waals surface area contributed by atoms with Crippen LogP contribution in [0.4, 0.5) is 0 Å². The summed E-state index contributed by atoms with van der Waals surface area (Å²) in [7, 11) is 8.84. The smallest absolute Gasteiger partial charge is 0.248 e. The molecule has 4 saturated heterocycles. The predicted octanol–water partition coefficient (Wildman–Crippen LogP) is 3.72. The van der Waals surface area contributed by atoms with Crippen LogP contribution in [0, 0.1) is 17.8 Å². The van der Waals surface area contributed by atoms with E-state index < -0.39 is 156 Å². The highest BCUT2D eigenvalue weighted by Crippen LogP contribution is 2.35. The lowest BCUT2D eigenvalue weighted by Gasteiger charge is -2.45. The normalized spacial score (nSPS) is 28.7. The minimum atomic E-state index is -1.47. The summed E-state index contributed by atoms with van der Waals surface area (Å²) in [6, 6.07) is -0.405. The van der Waals surface area contributed by atoms with Gasteiger partial charge in [0.05, 0.1) is 13.0 Å². The summed E-state index contributed by atoms with van der Waals surface area (Å²) >= 11 is 0. The molecule has 3 N–H and O–H groups in total. The third-order valence-electron chi connectivity index (χ3n) is 21.4. The number of benzene rings is 1. The molecule has 1 spiro atoms. The number of hydrogen-bond acceptors (Lipinski definition) is 12. The zero-order chi connectivity index (χ0) is 68.2. The molecule has 6 aliphatic rings. The Morgan fingerprint density at radius 1 is 0.591 bits per heavy atom. The quantitative estimate of drug-likeness (QED) is 0.303. The van der Waals surface area contributed by atoms with E-state index in [1.54, 1.807) is 39.6 Å². The van der Waals surface area contributed by atoms with Gasteiger partial charge in [0.25, 0.3) is 0 Å². The van der Waals surface area contributed by atoms with Crippen LogP contribution in [0.1, 0.15) is 176 Å². The summed E-state index contributed by atoms with van der Waals surface area (Å²) in [6.45, 7) is 11.0. The molecule has 0 unspecified atom stereocenters. The summed E-state index contributed by atoms with van der Waals surface area (Å²) in [5, 5.41) is 8.91. The molecular formula is C69H108N12O12. The van der Waals surface area contributed by atoms with Crippen LogP contribution in [-0.4, -0.2) is 250 Å². The van der Waals surface area contributed by atoms with Gasteiger partial charge in [-0.25, -0.2) is 0 Å². The fourth-order valence-corrected chi connectivity index (χ4v) is 14.8. The molecule has 7 rings (SSSR count). The fourth-order valence-electron chi connectivity index (χ4n) is 14.8. The molecule has 12 amide bonds. The Morgan fingerprint density at radius 3 is 1.84 bits per heavy atom. The third kappa shape index (κ3) is 17.2. The monoisotopic (exact) mass is 1300 g/mol. The van der Waals surface area contributed by atoms with E-state index in [9.17, 15) is 43.2 Å². The largest absolute Gasteiger partial charge is 0.343 e. The SMILES string of the molecule is CC[C@H](C)[C@@H]1NC(=O)[C@H](C)N(C)C(=O)C[C@@H](C(=O)N2CCCCC2)N(C)C(=O)[C@H](C(C)C)N(C)C(=O)C2(CCCC2)NC(=O)[C@@H]2CCCN2C(=O)[C@H](CCCc2ccccc2)NC(=O)CN(C)C(=O)[C@H](CC2CCCCC2)N(C)C(=O)[C@@H]2CCN2C(=O)[C@H](C)N(C)C1=O. The van der Waals surface area contributed by atoms with E-state index in [1.807, 2.05) is 37.3 Å². The topological polar surface area (TPSA) is 270 Å². The number of carbonyl (C=O) groups excluding carboxylic acids is 12. The van der Waals surface area contributed by atoms with Gasteiger partial charge in [-0.1, -0.05) is 109 Å². The highest BCUT2D eigenvalue weighted by molar-refractivity contribution is 6.01. The molecule has 4 heterocycles. The van der Waals surface area contributed by atoms with Crippen molar-refractivity contribution in [3.63, 3.8) is 0 Å². The number of aryl methyl sites for hydroxylation is 1. The number of amides is 12. The number of fused-ring (bicyclic) bond motifs is 2. The van der Waals surface area contributed by atoms with Crippen molar-refractivity contribution >= 4 is 70.9 Å². The first-order valence-electron chi connectivity index (χ1n) is 34.6. The maximum atomic E-state index is 15.3. The Morgan fingerprint density at radius 2 is 1.23 bits per heavy atom. The van der Waals surface area contributed by atoms with Gasteiger partial charge < -0.3 is 60.0 Å². The minimum absolute atomic E-state index is 0.105. The summed E-state index contributed by atoms with van der Waals surface area (Å²) in [5.74, 6) is -7.55. The van der Waals surface area contributed by atoms with Gasteiger partial charge >= 0.3 is 0 Å². The maximum Gasteiger partial charge on any atom is 0.248 e. The van der Waals surface area contributed by atoms with E-state index >= 15 is 14.4 Å². The minimum Gasteiger partial charge on any atom is -0.343 e. The fraction of sp³-hybridized carbons (Fsp3) is 0.739. The van der Waals surface area contributed by atoms with Gasteiger partial charge in [-0.15, -0.1) is 0 Å². The molecule has 2 aliphatic carbocycles. The molecule has 0 radical (unpaired) electrons. The molecule has 6 fully saturated rings. The first-order chi connectivity index (χ1) is 44.1. The van der Waals surface area contributed by atoms with Gasteiger partial charge in [-0.05, 0) is 114 Å². The second-order valence-electron chi connectivity index (χ2n) is 28.0. The number of piperidine rings is 1. The van der Waals surface area contributed by atoms with Gasteiger partial charge in [0, 0.05) is 68.5 Å². The average Bonchev–Trinajstić information content (AvgIpc) is 1.76. The lowest BCUT2D eigenvalue weighted by atomic mass is 9.84. The third-order valence-corrected chi connectivity index (χ3v) is 21.4. The lowest BCUT2D eigenvalue weighted by molar-refractivity contribution is -0.160. The van der Waals surface area contributed by atoms with E-state index in [0.29, 0.717) is 64.5 Å². The van der Waals surface area contributed by atoms with Crippen LogP contribution in [-0.2, 0) is 64.0 Å². The number of rotatable bonds is 10. The van der Waals surface area contributed by atoms with E-state index in [4.69, 9.17) is 0 Å². The van der Waals surface area contributed by atoms with Crippen LogP contribution >= 0.6 is 0 Å². The van der Waals surface area contributed by atoms with E-state index in [2.05, 4.69) is 16.0 Å². The van der Waals surface area contributed by atoms with Gasteiger partial charge in [-0.3, -0.25) is 57.5 Å². The van der Waals surface area contributed by atoms with Crippen LogP contribution in [0.25, 0.3) is 0 Å². The Hall–Kier alpha value is -7.14. The van der Waals surface area contributed by atoms with Crippen LogP contribution < -0.4 is 16.0 Å². The summed E-state index contributed by atoms with van der Waals surface area (Å²) in [5.41, 5.74) is -0.447. The number of hydrogen-bond donors (Lipinski definition) is 3. The molecule has 10 atom stereocenters. The molecule has 24 heteroatoms. The van der Waals surface area contributed by atoms with Crippen molar-refractivity contribution in [2.45, 2.75) is 236 Å². The first kappa shape index (κ1) is 73.3. The Bertz CT molecular complexity index is 2860. The number of likely N-dealkylation sites (N-methyl/N-ethyl adjacent to an activating group) is 6. The standard InChI is InChI=1S/C69H108N12O12/c1-13-45(4)57-66(91)75(9)47(6)61(86)81-40-34-52(81)64(89)76(10)53(41-49-29-19-15-20-30-49)63(88)73(7)43-55(82)70-50(32-25-31-48-27-17-14-18-28-48)62(87)80-39-26-33-51(80)60(85)72-69(35-21-22-36-69)68(93)78(12)58(44(2)3)67(92)77(11)54(65(90)79-37-23-16-24-38-79)42-56(83)74(8)46(5)59(84)71-57/h14,17-18,27-28,44-47,49-54,57-58H,13,15-16,19-26,29-43H2,1-12H3,(H,70,82)(H,71,84)(H,72,85)/t45-,46-,47-,50-,51-,52-,53-,54-,57-,58-/m0/s1. The van der Waals surface area contributed by atoms with Crippen molar-refractivity contribution in [3.05, 3.63) is 35.9 Å². The molecule has 1 aromatic carbocycles. The number of carbonyl (C=O) groups is 12. The molecule has 1 aromatic rings. The second-order valence-corrected chi connectivity index (χ2v) is 28.0. The van der Waals surface area contributed by atoms with Crippen molar-refractivity contribution in [3.8, 4) is 0 Å². The van der Waals surface area contributed by atoms with E-state index in [-0.39, 0.29) is 44.7 Å². The molecule has 0 bridgehead atoms. The second kappa shape index (κ2) is 32.8. The Balaban J connectivity index is 1.24. The summed E-state index contributed by atoms with van der Waals surface area (Å²) in [4.78, 5) is 190. The summed E-state index contributed by atoms with van der Waals surface area (Å²) in [6.07, 6.45) is 11.2. The van der Waals surface area contributed by atoms with Gasteiger partial charge in [0.2, 0.25) is 70.9 Å². The Labute approximate surface area is 551 Å². The number of likely N-dealkylation sites (tertiary alicyclic amines) is 1. The molecule has 93 heavy (non-hydrogen) atoms. The van der Waals surface area contributed by atoms with Crippen molar-refractivity contribution in [1.29, 1.82) is 0 Å². The van der Waals surface area contributed by atoms with Crippen LogP contribution in [0.3, 0.4) is 0 Å². The maximum absolute atomic E-state index is 15.3. The molecule has 24 nitrogen and oxygen atoms in total. The molecule has 4 aliphatic heterocycles. The van der Waals surface area contributed by atoms with E-state index in [1.165, 1.54) is 81.4 Å². The first-order valence-corrected chi connectivity index (χ1v) is 34.6. The van der Waals surface area contributed by atoms with Crippen LogP contribution in [0.5, 0.6) is 0 Å². The van der Waals surface area contributed by atoms with Crippen molar-refractivity contribution in [1.82, 2.24) is 60.0 Å². The van der Waals surface area contributed by atoms with E-state index in [0.717, 1.165) is 56.9 Å². The lowest BCUT2D eigenvalue weighted by Crippen LogP contribution is -2.65. The molecule has 0 aromatic heterocycles. The van der Waals surface area contributed by atoms with Crippen molar-refractivity contribution < 1.29 is 57.5 Å². The van der Waals surface area contributed by atoms with Gasteiger partial charge in [0.1, 0.15) is 59.9 Å². The number of nitrogens with one attached hydrogen (secondary N) is 3. The van der Waals surface area contributed by atoms with Crippen LogP contribution in [0.15, 0.2) is 30.3 Å². The van der Waals surface area contributed by atoms with Crippen molar-refractivity contribution in [2.75, 3.05) is 75.0 Å². The average molecular weight is 1300 g/mol. The zero-order valence-corrected chi connectivity index (χ0v) is 57.6. The highest BCUT2D eigenvalue weighted by Gasteiger charge is 2.51. The van der Waals surface area contributed by atoms with Gasteiger partial charge in [-0.2, -0.15) is 0 Å². The summed E-state index contributed by atoms with van der Waals surface area (Å²) < 4.78 is 0. The van der Waals surface area contributed by atoms with Gasteiger partial charge in [0.15, 0.2) is 0 Å². The van der Waals surface area contributed by atoms with Crippen molar-refractivity contribution in [2.24, 2.45) is 17.8 Å². The molecule has 516 valence electrons. The molecule has 2 saturated carbocycles. The number of nitrogens with zero attached hydrogens (tertiary/aromatic N) is 9. The highest BCUT2D eigenvalue weighted by atomic mass is 16.2. The Kier molecular flexibility index (Phi) is 25.9. The van der Waals surface area contributed by atoms with Crippen LogP contribution in [0.2, 0.25) is 0 Å². The zero-order valence-electron chi connectivity index (χ0n) is 57.6. The molecular weight excluding hydrogens is 1190 g/mol. The predicted molar refractivity (Wildman–Crippen MR) is 350 cm³/mol.